The van der Waals surface area contributed by atoms with Crippen LogP contribution in [0.4, 0.5) is 17.1 Å². The largest absolute Gasteiger partial charge is 0.502 e. The van der Waals surface area contributed by atoms with Crippen molar-refractivity contribution in [2.45, 2.75) is 0 Å². The van der Waals surface area contributed by atoms with Crippen LogP contribution >= 0.6 is 11.3 Å². The lowest BCUT2D eigenvalue weighted by molar-refractivity contribution is -0.394. The van der Waals surface area contributed by atoms with Crippen molar-refractivity contribution in [3.8, 4) is 5.75 Å². The molecule has 2 N–H and O–H groups in total. The molecule has 1 amide bonds. The third-order valence-electron chi connectivity index (χ3n) is 3.82. The second-order valence-electron chi connectivity index (χ2n) is 5.71. The fraction of sp³-hybridized carbons (Fsp3) is 0. The van der Waals surface area contributed by atoms with Crippen LogP contribution in [0.3, 0.4) is 0 Å². The Labute approximate surface area is 169 Å². The van der Waals surface area contributed by atoms with E-state index in [4.69, 9.17) is 0 Å². The Hall–Kier alpha value is -4.46. The fourth-order valence-electron chi connectivity index (χ4n) is 2.44. The van der Waals surface area contributed by atoms with Gasteiger partial charge in [-0.15, -0.1) is 11.3 Å². The monoisotopic (exact) mass is 431 g/mol. The van der Waals surface area contributed by atoms with Crippen LogP contribution in [-0.2, 0) is 0 Å². The van der Waals surface area contributed by atoms with Crippen LogP contribution in [0.5, 0.6) is 5.75 Å². The molecule has 30 heavy (non-hydrogen) atoms. The highest BCUT2D eigenvalue weighted by molar-refractivity contribution is 7.20. The van der Waals surface area contributed by atoms with Crippen LogP contribution in [0, 0.1) is 30.3 Å². The third kappa shape index (κ3) is 4.02. The summed E-state index contributed by atoms with van der Waals surface area (Å²) >= 11 is 1.05. The predicted molar refractivity (Wildman–Crippen MR) is 105 cm³/mol. The lowest BCUT2D eigenvalue weighted by atomic mass is 10.1. The zero-order chi connectivity index (χ0) is 22.0. The molecule has 0 unspecified atom stereocenters. The number of nitrogens with one attached hydrogen (secondary N) is 1. The van der Waals surface area contributed by atoms with Crippen LogP contribution < -0.4 is 5.43 Å². The number of hydrogen-bond donors (Lipinski definition) is 2. The number of benzene rings is 2. The van der Waals surface area contributed by atoms with Gasteiger partial charge < -0.3 is 5.11 Å². The van der Waals surface area contributed by atoms with E-state index in [0.29, 0.717) is 16.2 Å². The molecular weight excluding hydrogens is 422 g/mol. The molecule has 0 spiro atoms. The highest BCUT2D eigenvalue weighted by Crippen LogP contribution is 2.33. The molecule has 0 bridgehead atoms. The molecule has 0 aliphatic rings. The number of carbonyl (C=O) groups excluding carboxylic acids is 1. The molecular formula is C16H9N5O8S. The molecule has 2 aromatic carbocycles. The number of fused-ring (bicyclic) bond motifs is 1. The first-order valence-electron chi connectivity index (χ1n) is 7.84. The van der Waals surface area contributed by atoms with E-state index in [1.807, 2.05) is 0 Å². The number of amides is 1. The summed E-state index contributed by atoms with van der Waals surface area (Å²) in [6, 6.07) is 6.99. The number of hydrogen-bond acceptors (Lipinski definition) is 10. The lowest BCUT2D eigenvalue weighted by Crippen LogP contribution is -2.16. The molecule has 152 valence electrons. The number of rotatable bonds is 6. The number of nitro benzene ring substituents is 3. The minimum Gasteiger partial charge on any atom is -0.502 e. The average Bonchev–Trinajstić information content (AvgIpc) is 3.12. The van der Waals surface area contributed by atoms with Gasteiger partial charge in [0.2, 0.25) is 5.75 Å². The van der Waals surface area contributed by atoms with E-state index >= 15 is 0 Å². The normalized spacial score (nSPS) is 10.9. The van der Waals surface area contributed by atoms with Crippen molar-refractivity contribution in [1.29, 1.82) is 0 Å². The first kappa shape index (κ1) is 20.3. The van der Waals surface area contributed by atoms with Crippen molar-refractivity contribution < 1.29 is 24.7 Å². The van der Waals surface area contributed by atoms with Gasteiger partial charge in [0, 0.05) is 28.3 Å². The minimum absolute atomic E-state index is 0.131. The van der Waals surface area contributed by atoms with E-state index in [2.05, 4.69) is 10.5 Å². The highest BCUT2D eigenvalue weighted by Gasteiger charge is 2.23. The van der Waals surface area contributed by atoms with Crippen molar-refractivity contribution in [2.75, 3.05) is 0 Å². The standard InChI is InChI=1S/C16H9N5O8S/c22-15-9(4-11(20(26)27)6-12(15)21(28)29)7-17-18-16(23)14-5-8-3-10(19(24)25)1-2-13(8)30-14/h1-7,22H,(H,18,23)/b17-7+. The van der Waals surface area contributed by atoms with E-state index in [-0.39, 0.29) is 16.1 Å². The van der Waals surface area contributed by atoms with Crippen molar-refractivity contribution in [3.05, 3.63) is 77.2 Å². The smallest absolute Gasteiger partial charge is 0.318 e. The number of nitro groups is 3. The summed E-state index contributed by atoms with van der Waals surface area (Å²) in [6.07, 6.45) is 0.825. The van der Waals surface area contributed by atoms with Gasteiger partial charge in [-0.1, -0.05) is 0 Å². The highest BCUT2D eigenvalue weighted by atomic mass is 32.1. The molecule has 0 aliphatic heterocycles. The maximum Gasteiger partial charge on any atom is 0.318 e. The number of phenols is 1. The van der Waals surface area contributed by atoms with Gasteiger partial charge in [-0.2, -0.15) is 5.10 Å². The molecule has 0 atom stereocenters. The molecule has 3 rings (SSSR count). The summed E-state index contributed by atoms with van der Waals surface area (Å²) in [4.78, 5) is 42.6. The number of phenolic OH excluding ortho intramolecular Hbond substituents is 1. The molecule has 0 radical (unpaired) electrons. The van der Waals surface area contributed by atoms with Gasteiger partial charge in [-0.05, 0) is 12.1 Å². The van der Waals surface area contributed by atoms with Gasteiger partial charge in [0.25, 0.3) is 17.3 Å². The van der Waals surface area contributed by atoms with E-state index in [9.17, 15) is 40.2 Å². The van der Waals surface area contributed by atoms with Crippen molar-refractivity contribution in [1.82, 2.24) is 5.43 Å². The quantitative estimate of drug-likeness (QED) is 0.338. The van der Waals surface area contributed by atoms with Crippen molar-refractivity contribution in [2.24, 2.45) is 5.10 Å². The molecule has 13 nitrogen and oxygen atoms in total. The molecule has 1 heterocycles. The Bertz CT molecular complexity index is 1250. The number of thiophene rings is 1. The Kier molecular flexibility index (Phi) is 5.33. The van der Waals surface area contributed by atoms with E-state index in [1.165, 1.54) is 24.3 Å². The molecule has 1 aromatic heterocycles. The summed E-state index contributed by atoms with van der Waals surface area (Å²) in [5, 5.41) is 46.6. The van der Waals surface area contributed by atoms with E-state index < -0.39 is 37.8 Å². The Morgan fingerprint density at radius 1 is 1.00 bits per heavy atom. The van der Waals surface area contributed by atoms with Crippen LogP contribution in [0.15, 0.2) is 41.5 Å². The predicted octanol–water partition coefficient (Wildman–Crippen LogP) is 3.10. The minimum atomic E-state index is -0.991. The summed E-state index contributed by atoms with van der Waals surface area (Å²) < 4.78 is 0.627. The number of hydrazone groups is 1. The SMILES string of the molecule is O=C(N/N=C/c1cc([N+](=O)[O-])cc([N+](=O)[O-])c1O)c1cc2cc([N+](=O)[O-])ccc2s1. The maximum absolute atomic E-state index is 12.2. The maximum atomic E-state index is 12.2. The Balaban J connectivity index is 1.84. The topological polar surface area (TPSA) is 191 Å². The number of carbonyl (C=O) groups is 1. The number of non-ortho nitro benzene ring substituents is 2. The molecule has 3 aromatic rings. The summed E-state index contributed by atoms with van der Waals surface area (Å²) in [7, 11) is 0. The Morgan fingerprint density at radius 3 is 2.33 bits per heavy atom. The molecule has 0 saturated carbocycles. The zero-order valence-corrected chi connectivity index (χ0v) is 15.4. The van der Waals surface area contributed by atoms with Crippen LogP contribution in [0.25, 0.3) is 10.1 Å². The lowest BCUT2D eigenvalue weighted by Gasteiger charge is -2.01. The fourth-order valence-corrected chi connectivity index (χ4v) is 3.37. The summed E-state index contributed by atoms with van der Waals surface area (Å²) in [6.45, 7) is 0. The Morgan fingerprint density at radius 2 is 1.70 bits per heavy atom. The van der Waals surface area contributed by atoms with Gasteiger partial charge in [0.15, 0.2) is 0 Å². The average molecular weight is 431 g/mol. The van der Waals surface area contributed by atoms with Crippen molar-refractivity contribution in [3.63, 3.8) is 0 Å². The first-order chi connectivity index (χ1) is 14.2. The molecule has 0 saturated heterocycles. The van der Waals surface area contributed by atoms with Crippen LogP contribution in [0.1, 0.15) is 15.2 Å². The third-order valence-corrected chi connectivity index (χ3v) is 4.93. The molecule has 14 heteroatoms. The van der Waals surface area contributed by atoms with Gasteiger partial charge in [0.05, 0.1) is 37.5 Å². The van der Waals surface area contributed by atoms with E-state index in [1.54, 1.807) is 0 Å². The van der Waals surface area contributed by atoms with Crippen LogP contribution in [0.2, 0.25) is 0 Å². The zero-order valence-electron chi connectivity index (χ0n) is 14.5. The van der Waals surface area contributed by atoms with Gasteiger partial charge in [-0.25, -0.2) is 5.43 Å². The van der Waals surface area contributed by atoms with Gasteiger partial charge in [-0.3, -0.25) is 35.1 Å². The van der Waals surface area contributed by atoms with Gasteiger partial charge in [0.1, 0.15) is 0 Å². The number of aromatic hydroxyl groups is 1. The second-order valence-corrected chi connectivity index (χ2v) is 6.79. The van der Waals surface area contributed by atoms with Gasteiger partial charge >= 0.3 is 5.69 Å². The second kappa shape index (κ2) is 7.88. The summed E-state index contributed by atoms with van der Waals surface area (Å²) in [5.74, 6) is -1.53. The van der Waals surface area contributed by atoms with E-state index in [0.717, 1.165) is 23.6 Å². The van der Waals surface area contributed by atoms with Crippen molar-refractivity contribution >= 4 is 50.6 Å². The number of nitrogens with zero attached hydrogens (tertiary/aromatic N) is 4. The summed E-state index contributed by atoms with van der Waals surface area (Å²) in [5.41, 5.74) is 0.124. The molecule has 0 fully saturated rings. The molecule has 0 aliphatic carbocycles. The first-order valence-corrected chi connectivity index (χ1v) is 8.66. The van der Waals surface area contributed by atoms with Crippen LogP contribution in [-0.4, -0.2) is 32.0 Å².